The molecule has 1 aromatic heterocycles. The van der Waals surface area contributed by atoms with Gasteiger partial charge in [-0.1, -0.05) is 24.3 Å². The average Bonchev–Trinajstić information content (AvgIpc) is 3.02. The number of azo groups is 1. The van der Waals surface area contributed by atoms with Crippen LogP contribution in [0.15, 0.2) is 68.4 Å². The molecule has 10 nitrogen and oxygen atoms in total. The maximum atomic E-state index is 12.9. The van der Waals surface area contributed by atoms with Crippen LogP contribution >= 0.6 is 0 Å². The fourth-order valence-corrected chi connectivity index (χ4v) is 4.06. The van der Waals surface area contributed by atoms with Crippen LogP contribution in [-0.4, -0.2) is 33.0 Å². The normalized spacial score (nSPS) is 12.1. The monoisotopic (exact) mass is 454 g/mol. The lowest BCUT2D eigenvalue weighted by Crippen LogP contribution is -2.14. The highest BCUT2D eigenvalue weighted by Gasteiger charge is 2.20. The Kier molecular flexibility index (Phi) is 5.07. The summed E-state index contributed by atoms with van der Waals surface area (Å²) in [5, 5.41) is 31.3. The molecule has 0 unspecified atom stereocenters. The summed E-state index contributed by atoms with van der Waals surface area (Å²) in [6.07, 6.45) is 0. The SMILES string of the molecule is Cc1cc(-n2[nH]c(C)c(N=Nc3c(O)cc(S(=O)(=O)O)c4ccccc34)c2=O)ccc1O. The lowest BCUT2D eigenvalue weighted by atomic mass is 10.1. The van der Waals surface area contributed by atoms with Gasteiger partial charge in [-0.3, -0.25) is 14.4 Å². The van der Waals surface area contributed by atoms with Crippen molar-refractivity contribution < 1.29 is 23.2 Å². The van der Waals surface area contributed by atoms with Gasteiger partial charge in [0.05, 0.1) is 11.4 Å². The van der Waals surface area contributed by atoms with Crippen molar-refractivity contribution in [1.29, 1.82) is 0 Å². The number of benzene rings is 3. The zero-order valence-corrected chi connectivity index (χ0v) is 17.8. The van der Waals surface area contributed by atoms with Crippen LogP contribution in [0.5, 0.6) is 11.5 Å². The molecule has 3 aromatic carbocycles. The van der Waals surface area contributed by atoms with Crippen molar-refractivity contribution in [1.82, 2.24) is 9.78 Å². The van der Waals surface area contributed by atoms with Crippen LogP contribution in [0.2, 0.25) is 0 Å². The van der Waals surface area contributed by atoms with Crippen molar-refractivity contribution in [2.45, 2.75) is 18.7 Å². The maximum absolute atomic E-state index is 12.9. The third-order valence-electron chi connectivity index (χ3n) is 4.96. The van der Waals surface area contributed by atoms with Crippen molar-refractivity contribution in [3.05, 3.63) is 70.1 Å². The van der Waals surface area contributed by atoms with Crippen molar-refractivity contribution in [3.8, 4) is 17.2 Å². The molecule has 0 atom stereocenters. The van der Waals surface area contributed by atoms with Gasteiger partial charge in [0, 0.05) is 16.8 Å². The van der Waals surface area contributed by atoms with Crippen LogP contribution in [-0.2, 0) is 10.1 Å². The lowest BCUT2D eigenvalue weighted by Gasteiger charge is -2.08. The number of hydrogen-bond donors (Lipinski definition) is 4. The summed E-state index contributed by atoms with van der Waals surface area (Å²) in [6, 6.07) is 11.7. The highest BCUT2D eigenvalue weighted by atomic mass is 32.2. The maximum Gasteiger partial charge on any atom is 0.299 e. The number of aryl methyl sites for hydroxylation is 2. The van der Waals surface area contributed by atoms with E-state index < -0.39 is 26.3 Å². The van der Waals surface area contributed by atoms with E-state index in [0.717, 1.165) is 6.07 Å². The second kappa shape index (κ2) is 7.62. The molecule has 0 saturated heterocycles. The van der Waals surface area contributed by atoms with Gasteiger partial charge in [-0.15, -0.1) is 10.2 Å². The summed E-state index contributed by atoms with van der Waals surface area (Å²) in [6.45, 7) is 3.32. The van der Waals surface area contributed by atoms with Crippen molar-refractivity contribution in [2.75, 3.05) is 0 Å². The topological polar surface area (TPSA) is 157 Å². The Bertz CT molecular complexity index is 1570. The molecule has 0 spiro atoms. The Labute approximate surface area is 181 Å². The van der Waals surface area contributed by atoms with Crippen molar-refractivity contribution >= 4 is 32.3 Å². The number of fused-ring (bicyclic) bond motifs is 1. The molecular formula is C21H18N4O6S. The Hall–Kier alpha value is -3.96. The van der Waals surface area contributed by atoms with Crippen LogP contribution in [0, 0.1) is 13.8 Å². The summed E-state index contributed by atoms with van der Waals surface area (Å²) in [5.41, 5.74) is 0.899. The molecular weight excluding hydrogens is 436 g/mol. The first-order chi connectivity index (χ1) is 15.1. The highest BCUT2D eigenvalue weighted by Crippen LogP contribution is 2.39. The molecule has 0 aliphatic carbocycles. The Morgan fingerprint density at radius 3 is 2.22 bits per heavy atom. The Balaban J connectivity index is 1.85. The van der Waals surface area contributed by atoms with Crippen LogP contribution in [0.25, 0.3) is 16.5 Å². The van der Waals surface area contributed by atoms with Gasteiger partial charge in [-0.25, -0.2) is 4.68 Å². The summed E-state index contributed by atoms with van der Waals surface area (Å²) in [5.74, 6) is -0.427. The molecule has 0 amide bonds. The van der Waals surface area contributed by atoms with Crippen molar-refractivity contribution in [3.63, 3.8) is 0 Å². The number of phenols is 2. The molecule has 0 saturated carbocycles. The zero-order valence-electron chi connectivity index (χ0n) is 16.9. The molecule has 0 bridgehead atoms. The number of phenolic OH excluding ortho intramolecular Hbond substituents is 2. The van der Waals surface area contributed by atoms with Gasteiger partial charge in [-0.2, -0.15) is 8.42 Å². The number of H-pyrrole nitrogens is 1. The average molecular weight is 454 g/mol. The minimum atomic E-state index is -4.59. The van der Waals surface area contributed by atoms with Gasteiger partial charge in [0.25, 0.3) is 15.7 Å². The Morgan fingerprint density at radius 2 is 1.56 bits per heavy atom. The molecule has 11 heteroatoms. The molecule has 0 aliphatic rings. The van der Waals surface area contributed by atoms with Gasteiger partial charge < -0.3 is 10.2 Å². The van der Waals surface area contributed by atoms with Crippen molar-refractivity contribution in [2.24, 2.45) is 10.2 Å². The molecule has 4 N–H and O–H groups in total. The first kappa shape index (κ1) is 21.3. The number of aromatic nitrogens is 2. The fraction of sp³-hybridized carbons (Fsp3) is 0.0952. The first-order valence-electron chi connectivity index (χ1n) is 9.33. The standard InChI is InChI=1S/C21H18N4O6S/c1-11-9-13(7-8-16(11)26)25-21(28)19(12(2)24-25)22-23-20-15-6-4-3-5-14(15)18(10-17(20)27)32(29,30)31/h3-10,24,26-27H,1-2H3,(H,29,30,31). The number of nitrogens with zero attached hydrogens (tertiary/aromatic N) is 3. The summed E-state index contributed by atoms with van der Waals surface area (Å²) < 4.78 is 34.1. The minimum absolute atomic E-state index is 0.0157. The molecule has 0 aliphatic heterocycles. The summed E-state index contributed by atoms with van der Waals surface area (Å²) in [4.78, 5) is 12.4. The molecule has 4 aromatic rings. The largest absolute Gasteiger partial charge is 0.508 e. The molecule has 0 radical (unpaired) electrons. The summed E-state index contributed by atoms with van der Waals surface area (Å²) >= 11 is 0. The predicted octanol–water partition coefficient (Wildman–Crippen LogP) is 4.01. The quantitative estimate of drug-likeness (QED) is 0.269. The number of hydrogen-bond acceptors (Lipinski definition) is 7. The van der Waals surface area contributed by atoms with E-state index in [2.05, 4.69) is 15.3 Å². The van der Waals surface area contributed by atoms with Gasteiger partial charge in [0.1, 0.15) is 22.1 Å². The van der Waals surface area contributed by atoms with Crippen LogP contribution in [0.1, 0.15) is 11.3 Å². The van der Waals surface area contributed by atoms with E-state index in [4.69, 9.17) is 0 Å². The minimum Gasteiger partial charge on any atom is -0.508 e. The van der Waals surface area contributed by atoms with E-state index in [-0.39, 0.29) is 27.9 Å². The smallest absolute Gasteiger partial charge is 0.299 e. The van der Waals surface area contributed by atoms with Crippen LogP contribution in [0.3, 0.4) is 0 Å². The molecule has 32 heavy (non-hydrogen) atoms. The highest BCUT2D eigenvalue weighted by molar-refractivity contribution is 7.86. The second-order valence-corrected chi connectivity index (χ2v) is 8.55. The van der Waals surface area contributed by atoms with E-state index in [9.17, 15) is 28.0 Å². The number of rotatable bonds is 4. The van der Waals surface area contributed by atoms with Gasteiger partial charge in [0.2, 0.25) is 0 Å². The van der Waals surface area contributed by atoms with Gasteiger partial charge in [-0.05, 0) is 37.6 Å². The molecule has 4 rings (SSSR count). The van der Waals surface area contributed by atoms with E-state index in [1.54, 1.807) is 38.1 Å². The van der Waals surface area contributed by atoms with Gasteiger partial charge >= 0.3 is 0 Å². The molecule has 1 heterocycles. The molecule has 164 valence electrons. The van der Waals surface area contributed by atoms with E-state index in [1.807, 2.05) is 0 Å². The van der Waals surface area contributed by atoms with E-state index in [0.29, 0.717) is 16.9 Å². The predicted molar refractivity (Wildman–Crippen MR) is 117 cm³/mol. The zero-order chi connectivity index (χ0) is 23.2. The number of nitrogens with one attached hydrogen (secondary N) is 1. The lowest BCUT2D eigenvalue weighted by molar-refractivity contribution is 0.468. The third-order valence-corrected chi connectivity index (χ3v) is 5.86. The fourth-order valence-electron chi connectivity index (χ4n) is 3.35. The van der Waals surface area contributed by atoms with Gasteiger partial charge in [0.15, 0.2) is 5.69 Å². The second-order valence-electron chi connectivity index (χ2n) is 7.16. The first-order valence-corrected chi connectivity index (χ1v) is 10.8. The van der Waals surface area contributed by atoms with E-state index >= 15 is 0 Å². The van der Waals surface area contributed by atoms with Crippen LogP contribution < -0.4 is 5.56 Å². The van der Waals surface area contributed by atoms with Crippen LogP contribution in [0.4, 0.5) is 11.4 Å². The number of aromatic amines is 1. The number of aromatic hydroxyl groups is 2. The molecule has 0 fully saturated rings. The van der Waals surface area contributed by atoms with E-state index in [1.165, 1.54) is 22.9 Å². The Morgan fingerprint density at radius 1 is 0.906 bits per heavy atom. The summed E-state index contributed by atoms with van der Waals surface area (Å²) in [7, 11) is -4.59. The third kappa shape index (κ3) is 3.63.